The largest absolute Gasteiger partial charge is 0.374 e. The number of primary amides is 1. The van der Waals surface area contributed by atoms with E-state index < -0.39 is 0 Å². The minimum absolute atomic E-state index is 0.265. The summed E-state index contributed by atoms with van der Waals surface area (Å²) in [7, 11) is 0. The molecule has 0 aliphatic carbocycles. The van der Waals surface area contributed by atoms with Crippen LogP contribution < -0.4 is 5.73 Å². The Morgan fingerprint density at radius 2 is 2.14 bits per heavy atom. The molecule has 6 nitrogen and oxygen atoms in total. The molecule has 0 saturated heterocycles. The number of hydrogen-bond acceptors (Lipinski definition) is 4. The molecule has 0 saturated carbocycles. The van der Waals surface area contributed by atoms with Gasteiger partial charge in [0.25, 0.3) is 0 Å². The van der Waals surface area contributed by atoms with Crippen LogP contribution in [0.3, 0.4) is 0 Å². The van der Waals surface area contributed by atoms with Gasteiger partial charge in [-0.05, 0) is 13.0 Å². The molecule has 0 unspecified atom stereocenters. The summed E-state index contributed by atoms with van der Waals surface area (Å²) in [5.74, 6) is 0.457. The number of nitrogens with zero attached hydrogens (tertiary/aromatic N) is 3. The first kappa shape index (κ1) is 14.5. The highest BCUT2D eigenvalue weighted by Crippen LogP contribution is 2.25. The number of aromatic nitrogens is 3. The zero-order valence-electron chi connectivity index (χ0n) is 12.5. The van der Waals surface area contributed by atoms with E-state index >= 15 is 0 Å². The topological polar surface area (TPSA) is 83.0 Å². The predicted octanol–water partition coefficient (Wildman–Crippen LogP) is 2.00. The quantitative estimate of drug-likeness (QED) is 0.754. The summed E-state index contributed by atoms with van der Waals surface area (Å²) in [6.07, 6.45) is 2.02. The number of benzene rings is 1. The van der Waals surface area contributed by atoms with Crippen LogP contribution in [0.25, 0.3) is 21.9 Å². The molecular formula is C16H18N4O2. The molecule has 3 rings (SSSR count). The summed E-state index contributed by atoms with van der Waals surface area (Å²) in [4.78, 5) is 20.2. The first-order valence-corrected chi connectivity index (χ1v) is 7.29. The van der Waals surface area contributed by atoms with Gasteiger partial charge in [0, 0.05) is 25.0 Å². The molecule has 2 N–H and O–H groups in total. The summed E-state index contributed by atoms with van der Waals surface area (Å²) in [5, 5.41) is 1.01. The first-order valence-electron chi connectivity index (χ1n) is 7.29. The SMILES string of the molecule is CCOCc1nc2cnc3ccccc3c2n1CCC(N)=O. The fourth-order valence-corrected chi connectivity index (χ4v) is 2.58. The highest BCUT2D eigenvalue weighted by Gasteiger charge is 2.14. The van der Waals surface area contributed by atoms with Gasteiger partial charge >= 0.3 is 0 Å². The van der Waals surface area contributed by atoms with Crippen molar-refractivity contribution < 1.29 is 9.53 Å². The summed E-state index contributed by atoms with van der Waals surface area (Å²) in [6.45, 7) is 3.44. The van der Waals surface area contributed by atoms with Crippen LogP contribution in [0.2, 0.25) is 0 Å². The summed E-state index contributed by atoms with van der Waals surface area (Å²) < 4.78 is 7.50. The Bertz CT molecular complexity index is 825. The number of pyridine rings is 1. The van der Waals surface area contributed by atoms with Gasteiger partial charge in [-0.25, -0.2) is 4.98 Å². The lowest BCUT2D eigenvalue weighted by Crippen LogP contribution is -2.15. The van der Waals surface area contributed by atoms with Crippen molar-refractivity contribution in [1.29, 1.82) is 0 Å². The normalized spacial score (nSPS) is 11.3. The van der Waals surface area contributed by atoms with Gasteiger partial charge in [0.05, 0.1) is 17.2 Å². The van der Waals surface area contributed by atoms with E-state index in [-0.39, 0.29) is 12.3 Å². The Balaban J connectivity index is 2.19. The number of para-hydroxylation sites is 1. The Hall–Kier alpha value is -2.47. The molecule has 3 aromatic rings. The third-order valence-corrected chi connectivity index (χ3v) is 3.58. The van der Waals surface area contributed by atoms with Gasteiger partial charge in [-0.3, -0.25) is 9.78 Å². The van der Waals surface area contributed by atoms with Crippen molar-refractivity contribution in [3.05, 3.63) is 36.3 Å². The van der Waals surface area contributed by atoms with Crippen molar-refractivity contribution in [3.63, 3.8) is 0 Å². The van der Waals surface area contributed by atoms with Crippen molar-refractivity contribution in [2.45, 2.75) is 26.5 Å². The standard InChI is InChI=1S/C16H18N4O2/c1-2-22-10-15-19-13-9-18-12-6-4-3-5-11(12)16(13)20(15)8-7-14(17)21/h3-6,9H,2,7-8,10H2,1H3,(H2,17,21). The average Bonchev–Trinajstić information content (AvgIpc) is 2.88. The lowest BCUT2D eigenvalue weighted by Gasteiger charge is -2.09. The molecule has 0 spiro atoms. The van der Waals surface area contributed by atoms with Crippen molar-refractivity contribution >= 4 is 27.8 Å². The average molecular weight is 298 g/mol. The molecule has 0 aliphatic rings. The van der Waals surface area contributed by atoms with E-state index in [9.17, 15) is 4.79 Å². The molecule has 0 aliphatic heterocycles. The zero-order valence-corrected chi connectivity index (χ0v) is 12.5. The van der Waals surface area contributed by atoms with Crippen molar-refractivity contribution in [2.24, 2.45) is 5.73 Å². The molecule has 114 valence electrons. The number of fused-ring (bicyclic) bond motifs is 3. The fourth-order valence-electron chi connectivity index (χ4n) is 2.58. The number of hydrogen-bond donors (Lipinski definition) is 1. The molecule has 0 radical (unpaired) electrons. The van der Waals surface area contributed by atoms with Crippen molar-refractivity contribution in [3.8, 4) is 0 Å². The second-order valence-electron chi connectivity index (χ2n) is 5.04. The third kappa shape index (κ3) is 2.65. The maximum absolute atomic E-state index is 11.2. The van der Waals surface area contributed by atoms with Crippen molar-refractivity contribution in [1.82, 2.24) is 14.5 Å². The van der Waals surface area contributed by atoms with Crippen LogP contribution >= 0.6 is 0 Å². The van der Waals surface area contributed by atoms with E-state index in [2.05, 4.69) is 9.97 Å². The Kier molecular flexibility index (Phi) is 4.02. The first-order chi connectivity index (χ1) is 10.7. The number of nitrogens with two attached hydrogens (primary N) is 1. The van der Waals surface area contributed by atoms with Gasteiger partial charge in [0.2, 0.25) is 5.91 Å². The third-order valence-electron chi connectivity index (χ3n) is 3.58. The molecule has 22 heavy (non-hydrogen) atoms. The lowest BCUT2D eigenvalue weighted by molar-refractivity contribution is -0.118. The molecular weight excluding hydrogens is 280 g/mol. The molecule has 0 bridgehead atoms. The maximum atomic E-state index is 11.2. The van der Waals surface area contributed by atoms with Crippen LogP contribution in [-0.2, 0) is 22.7 Å². The van der Waals surface area contributed by atoms with Crippen LogP contribution in [0.1, 0.15) is 19.2 Å². The van der Waals surface area contributed by atoms with Crippen molar-refractivity contribution in [2.75, 3.05) is 6.61 Å². The van der Waals surface area contributed by atoms with Gasteiger partial charge in [0.15, 0.2) is 0 Å². The van der Waals surface area contributed by atoms with Crippen LogP contribution in [0.15, 0.2) is 30.5 Å². The molecule has 0 fully saturated rings. The second kappa shape index (κ2) is 6.11. The molecule has 1 aromatic carbocycles. The lowest BCUT2D eigenvalue weighted by atomic mass is 10.2. The highest BCUT2D eigenvalue weighted by atomic mass is 16.5. The second-order valence-corrected chi connectivity index (χ2v) is 5.04. The number of imidazole rings is 1. The number of amides is 1. The van der Waals surface area contributed by atoms with Gasteiger partial charge in [-0.15, -0.1) is 0 Å². The van der Waals surface area contributed by atoms with Crippen LogP contribution in [0.4, 0.5) is 0 Å². The Morgan fingerprint density at radius 1 is 1.32 bits per heavy atom. The van der Waals surface area contributed by atoms with E-state index in [0.717, 1.165) is 27.8 Å². The van der Waals surface area contributed by atoms with E-state index in [1.165, 1.54) is 0 Å². The van der Waals surface area contributed by atoms with E-state index in [1.54, 1.807) is 6.20 Å². The van der Waals surface area contributed by atoms with Gasteiger partial charge < -0.3 is 15.0 Å². The predicted molar refractivity (Wildman–Crippen MR) is 84.2 cm³/mol. The number of rotatable bonds is 6. The van der Waals surface area contributed by atoms with Gasteiger partial charge in [-0.1, -0.05) is 18.2 Å². The van der Waals surface area contributed by atoms with Gasteiger partial charge in [-0.2, -0.15) is 0 Å². The molecule has 2 heterocycles. The maximum Gasteiger partial charge on any atom is 0.219 e. The molecule has 0 atom stereocenters. The molecule has 2 aromatic heterocycles. The summed E-state index contributed by atoms with van der Waals surface area (Å²) >= 11 is 0. The minimum atomic E-state index is -0.331. The highest BCUT2D eigenvalue weighted by molar-refractivity contribution is 6.02. The summed E-state index contributed by atoms with van der Waals surface area (Å²) in [6, 6.07) is 7.89. The number of aryl methyl sites for hydroxylation is 1. The van der Waals surface area contributed by atoms with Crippen LogP contribution in [-0.4, -0.2) is 27.0 Å². The van der Waals surface area contributed by atoms with E-state index in [1.807, 2.05) is 35.8 Å². The van der Waals surface area contributed by atoms with Gasteiger partial charge in [0.1, 0.15) is 17.9 Å². The number of carbonyl (C=O) groups is 1. The Morgan fingerprint density at radius 3 is 2.91 bits per heavy atom. The minimum Gasteiger partial charge on any atom is -0.374 e. The number of carbonyl (C=O) groups excluding carboxylic acids is 1. The summed E-state index contributed by atoms with van der Waals surface area (Å²) in [5.41, 5.74) is 7.98. The fraction of sp³-hybridized carbons (Fsp3) is 0.312. The van der Waals surface area contributed by atoms with Crippen LogP contribution in [0, 0.1) is 0 Å². The number of ether oxygens (including phenoxy) is 1. The smallest absolute Gasteiger partial charge is 0.219 e. The zero-order chi connectivity index (χ0) is 15.5. The monoisotopic (exact) mass is 298 g/mol. The molecule has 6 heteroatoms. The van der Waals surface area contributed by atoms with Crippen LogP contribution in [0.5, 0.6) is 0 Å². The van der Waals surface area contributed by atoms with E-state index in [0.29, 0.717) is 19.8 Å². The Labute approximate surface area is 127 Å². The molecule has 1 amide bonds. The van der Waals surface area contributed by atoms with E-state index in [4.69, 9.17) is 10.5 Å².